The molecule has 1 aliphatic carbocycles. The molecule has 1 aromatic carbocycles. The van der Waals surface area contributed by atoms with E-state index in [1.54, 1.807) is 25.1 Å². The molecule has 7 nitrogen and oxygen atoms in total. The topological polar surface area (TPSA) is 90.0 Å². The summed E-state index contributed by atoms with van der Waals surface area (Å²) in [5.41, 5.74) is 0.640. The van der Waals surface area contributed by atoms with Crippen molar-refractivity contribution >= 4 is 23.6 Å². The van der Waals surface area contributed by atoms with Crippen LogP contribution in [0.2, 0.25) is 0 Å². The summed E-state index contributed by atoms with van der Waals surface area (Å²) in [4.78, 5) is 49.4. The lowest BCUT2D eigenvalue weighted by Crippen LogP contribution is -2.33. The fraction of sp³-hybridized carbons (Fsp3) is 0.222. The molecule has 2 amide bonds. The number of methoxy groups -OCH3 is 1. The molecule has 25 heavy (non-hydrogen) atoms. The fourth-order valence-corrected chi connectivity index (χ4v) is 2.72. The highest BCUT2D eigenvalue weighted by atomic mass is 16.5. The van der Waals surface area contributed by atoms with Crippen molar-refractivity contribution in [2.24, 2.45) is 0 Å². The van der Waals surface area contributed by atoms with Crippen molar-refractivity contribution in [2.75, 3.05) is 7.11 Å². The Kier molecular flexibility index (Phi) is 4.22. The van der Waals surface area contributed by atoms with Crippen LogP contribution >= 0.6 is 0 Å². The van der Waals surface area contributed by atoms with E-state index in [1.165, 1.54) is 12.1 Å². The molecule has 0 saturated carbocycles. The van der Waals surface area contributed by atoms with Crippen LogP contribution in [0, 0.1) is 0 Å². The molecule has 1 heterocycles. The average Bonchev–Trinajstić information content (AvgIpc) is 3.06. The van der Waals surface area contributed by atoms with Gasteiger partial charge in [-0.1, -0.05) is 12.1 Å². The lowest BCUT2D eigenvalue weighted by Gasteiger charge is -2.17. The third-order valence-electron chi connectivity index (χ3n) is 4.05. The van der Waals surface area contributed by atoms with Crippen LogP contribution in [0.1, 0.15) is 34.1 Å². The zero-order valence-corrected chi connectivity index (χ0v) is 13.6. The van der Waals surface area contributed by atoms with Gasteiger partial charge in [-0.3, -0.25) is 14.4 Å². The first-order valence-electron chi connectivity index (χ1n) is 7.57. The van der Waals surface area contributed by atoms with Crippen molar-refractivity contribution in [1.82, 2.24) is 4.90 Å². The normalized spacial score (nSPS) is 19.8. The number of carbonyl (C=O) groups is 4. The molecular weight excluding hydrogens is 326 g/mol. The number of hydrogen-bond donors (Lipinski definition) is 0. The van der Waals surface area contributed by atoms with Gasteiger partial charge in [0.05, 0.1) is 24.7 Å². The van der Waals surface area contributed by atoms with Gasteiger partial charge in [-0.2, -0.15) is 0 Å². The Morgan fingerprint density at radius 1 is 1.16 bits per heavy atom. The Morgan fingerprint density at radius 2 is 1.76 bits per heavy atom. The summed E-state index contributed by atoms with van der Waals surface area (Å²) in [5.74, 6) is -2.21. The van der Waals surface area contributed by atoms with Crippen LogP contribution in [0.25, 0.3) is 0 Å². The number of Topliss-reactive ketones (excluding diaryl/α,β-unsaturated/α-hetero) is 1. The van der Waals surface area contributed by atoms with Gasteiger partial charge in [0.2, 0.25) is 0 Å². The Labute approximate surface area is 143 Å². The quantitative estimate of drug-likeness (QED) is 0.358. The van der Waals surface area contributed by atoms with Gasteiger partial charge in [-0.25, -0.2) is 9.69 Å². The molecule has 0 saturated heterocycles. The molecule has 128 valence electrons. The number of allylic oxidation sites excluding steroid dienone is 1. The number of carbonyl (C=O) groups excluding carboxylic acids is 4. The molecule has 1 atom stereocenters. The molecule has 1 aliphatic heterocycles. The van der Waals surface area contributed by atoms with Crippen LogP contribution in [0.3, 0.4) is 0 Å². The Morgan fingerprint density at radius 3 is 2.24 bits per heavy atom. The number of imide groups is 1. The summed E-state index contributed by atoms with van der Waals surface area (Å²) in [5, 5.41) is 0. The molecule has 0 N–H and O–H groups in total. The van der Waals surface area contributed by atoms with Crippen LogP contribution in [0.4, 0.5) is 0 Å². The highest BCUT2D eigenvalue weighted by Gasteiger charge is 2.40. The van der Waals surface area contributed by atoms with Crippen molar-refractivity contribution < 1.29 is 28.7 Å². The molecule has 2 aliphatic rings. The highest BCUT2D eigenvalue weighted by Crippen LogP contribution is 2.27. The minimum Gasteiger partial charge on any atom is -0.491 e. The number of fused-ring (bicyclic) bond motifs is 1. The van der Waals surface area contributed by atoms with Crippen molar-refractivity contribution in [2.45, 2.75) is 19.4 Å². The Balaban J connectivity index is 1.91. The number of benzene rings is 1. The summed E-state index contributed by atoms with van der Waals surface area (Å²) in [7, 11) is 1.14. The van der Waals surface area contributed by atoms with E-state index in [-0.39, 0.29) is 29.0 Å². The molecular formula is C18H15NO6. The maximum atomic E-state index is 12.5. The summed E-state index contributed by atoms with van der Waals surface area (Å²) in [6.07, 6.45) is 2.21. The smallest absolute Gasteiger partial charge is 0.358 e. The lowest BCUT2D eigenvalue weighted by atomic mass is 10.1. The minimum atomic E-state index is -0.889. The number of rotatable bonds is 4. The second-order valence-electron chi connectivity index (χ2n) is 5.64. The second kappa shape index (κ2) is 6.35. The van der Waals surface area contributed by atoms with E-state index < -0.39 is 23.9 Å². The van der Waals surface area contributed by atoms with Crippen molar-refractivity contribution in [3.05, 3.63) is 59.0 Å². The number of hydrogen-bond acceptors (Lipinski definition) is 6. The Hall–Kier alpha value is -3.22. The van der Waals surface area contributed by atoms with Crippen LogP contribution in [-0.2, 0) is 19.1 Å². The van der Waals surface area contributed by atoms with Crippen molar-refractivity contribution in [3.63, 3.8) is 0 Å². The van der Waals surface area contributed by atoms with E-state index in [1.807, 2.05) is 0 Å². The predicted molar refractivity (Wildman–Crippen MR) is 85.3 cm³/mol. The van der Waals surface area contributed by atoms with Gasteiger partial charge < -0.3 is 9.47 Å². The summed E-state index contributed by atoms with van der Waals surface area (Å²) in [6, 6.07) is 6.27. The van der Waals surface area contributed by atoms with Gasteiger partial charge in [0.15, 0.2) is 11.5 Å². The van der Waals surface area contributed by atoms with Gasteiger partial charge in [0.1, 0.15) is 12.4 Å². The molecule has 7 heteroatoms. The summed E-state index contributed by atoms with van der Waals surface area (Å²) < 4.78 is 10.1. The summed E-state index contributed by atoms with van der Waals surface area (Å²) >= 11 is 0. The molecule has 0 radical (unpaired) electrons. The van der Waals surface area contributed by atoms with Crippen molar-refractivity contribution in [1.29, 1.82) is 0 Å². The van der Waals surface area contributed by atoms with Gasteiger partial charge in [-0.05, 0) is 30.7 Å². The van der Waals surface area contributed by atoms with Gasteiger partial charge in [0, 0.05) is 0 Å². The molecule has 0 aromatic heterocycles. The number of amides is 2. The van der Waals surface area contributed by atoms with E-state index >= 15 is 0 Å². The van der Waals surface area contributed by atoms with Crippen LogP contribution < -0.4 is 0 Å². The second-order valence-corrected chi connectivity index (χ2v) is 5.64. The molecule has 1 aromatic rings. The number of ether oxygens (including phenoxy) is 2. The van der Waals surface area contributed by atoms with E-state index in [0.717, 1.165) is 18.3 Å². The van der Waals surface area contributed by atoms with Crippen LogP contribution in [0.15, 0.2) is 47.9 Å². The molecule has 0 bridgehead atoms. The Bertz CT molecular complexity index is 816. The zero-order chi connectivity index (χ0) is 18.1. The maximum Gasteiger partial charge on any atom is 0.358 e. The third-order valence-corrected chi connectivity index (χ3v) is 4.05. The van der Waals surface area contributed by atoms with Gasteiger partial charge in [0.25, 0.3) is 11.8 Å². The van der Waals surface area contributed by atoms with Crippen molar-refractivity contribution in [3.8, 4) is 0 Å². The predicted octanol–water partition coefficient (Wildman–Crippen LogP) is 1.60. The standard InChI is InChI=1S/C18H15NO6/c1-10-7-11(8-15(10)20)25-9-14(18(23)24-2)19-16(21)12-5-3-4-6-13(12)17(19)22/h3-7,9,11H,8H2,1-2H3/b14-9-/t11-/m1/s1. The zero-order valence-electron chi connectivity index (χ0n) is 13.6. The van der Waals surface area contributed by atoms with E-state index in [2.05, 4.69) is 4.74 Å². The molecule has 3 rings (SSSR count). The number of ketones is 1. The largest absolute Gasteiger partial charge is 0.491 e. The third kappa shape index (κ3) is 2.84. The minimum absolute atomic E-state index is 0.0567. The summed E-state index contributed by atoms with van der Waals surface area (Å²) in [6.45, 7) is 1.67. The number of esters is 1. The van der Waals surface area contributed by atoms with E-state index in [0.29, 0.717) is 5.57 Å². The lowest BCUT2D eigenvalue weighted by molar-refractivity contribution is -0.137. The van der Waals surface area contributed by atoms with Gasteiger partial charge >= 0.3 is 5.97 Å². The fourth-order valence-electron chi connectivity index (χ4n) is 2.72. The monoisotopic (exact) mass is 341 g/mol. The first kappa shape index (κ1) is 16.6. The maximum absolute atomic E-state index is 12.5. The van der Waals surface area contributed by atoms with E-state index in [4.69, 9.17) is 4.74 Å². The van der Waals surface area contributed by atoms with E-state index in [9.17, 15) is 19.2 Å². The SMILES string of the molecule is COC(=O)/C(=C/O[C@@H]1C=C(C)C(=O)C1)N1C(=O)c2ccccc2C1=O. The van der Waals surface area contributed by atoms with Gasteiger partial charge in [-0.15, -0.1) is 0 Å². The molecule has 0 fully saturated rings. The van der Waals surface area contributed by atoms with Crippen LogP contribution in [0.5, 0.6) is 0 Å². The average molecular weight is 341 g/mol. The first-order chi connectivity index (χ1) is 11.9. The highest BCUT2D eigenvalue weighted by molar-refractivity contribution is 6.24. The number of nitrogens with zero attached hydrogens (tertiary/aromatic N) is 1. The van der Waals surface area contributed by atoms with Crippen LogP contribution in [-0.4, -0.2) is 41.7 Å². The molecule has 0 spiro atoms. The first-order valence-corrected chi connectivity index (χ1v) is 7.57. The molecule has 0 unspecified atom stereocenters.